The van der Waals surface area contributed by atoms with Crippen LogP contribution in [-0.2, 0) is 40.8 Å². The Morgan fingerprint density at radius 3 is 1.18 bits per heavy atom. The maximum absolute atomic E-state index is 13.4. The first-order valence-electron chi connectivity index (χ1n) is 32.7. The van der Waals surface area contributed by atoms with Gasteiger partial charge in [0, 0.05) is 114 Å². The summed E-state index contributed by atoms with van der Waals surface area (Å²) in [7, 11) is 5.36. The monoisotopic (exact) mass is 1340 g/mol. The van der Waals surface area contributed by atoms with Crippen LogP contribution in [0.5, 0.6) is 0 Å². The third kappa shape index (κ3) is 11.4. The molecule has 3 saturated carbocycles. The first-order valence-corrected chi connectivity index (χ1v) is 34.2. The molecule has 0 amide bonds. The quantitative estimate of drug-likeness (QED) is 0.114. The molecular formula is C67H83Cl4N19O3. The summed E-state index contributed by atoms with van der Waals surface area (Å²) in [6.45, 7) is 15.0. The summed E-state index contributed by atoms with van der Waals surface area (Å²) >= 11 is 24.9. The second-order valence-corrected chi connectivity index (χ2v) is 29.4. The molecule has 6 aromatic heterocycles. The standard InChI is InChI=1S/C23H29ClN6O.C22H26Cl2N6O.C22H28ClN7O/c1-13-4-6-23(19(13)25)7-10-30(11-8-23)22-28-16-12-27-18(17(16)21(31)29(22)3)15-5-9-26-20(24)14(15)2;2*1-12-3-4-22(19(12)25)5-7-30(8-6-22)21-28-15-11-27-18(17(15)20(31)29(21)2)13-9-16(24)26-10-14(13)23/h5,9,13,19H,4,6-8,10-12,25H2,1-3H3;9-10,12,19H,3-8,11,25H2,1-2H3;9-10,12,19H,3-8,11,25H2,1-2H3,(H2,24,26)/t13-,19-;2*12-,19-/m111/s1. The van der Waals surface area contributed by atoms with Crippen molar-refractivity contribution in [3.05, 3.63) is 144 Å². The number of rotatable bonds is 6. The second kappa shape index (κ2) is 25.2. The van der Waals surface area contributed by atoms with Crippen molar-refractivity contribution in [1.82, 2.24) is 43.6 Å². The summed E-state index contributed by atoms with van der Waals surface area (Å²) in [6.07, 6.45) is 18.1. The topological polar surface area (TPSA) is 294 Å². The van der Waals surface area contributed by atoms with E-state index in [1.807, 2.05) is 13.0 Å². The number of hydrogen-bond acceptors (Lipinski definition) is 19. The van der Waals surface area contributed by atoms with Crippen LogP contribution in [-0.4, -0.2) is 118 Å². The number of halogens is 4. The van der Waals surface area contributed by atoms with Gasteiger partial charge < -0.3 is 37.6 Å². The van der Waals surface area contributed by atoms with E-state index in [9.17, 15) is 14.4 Å². The molecule has 22 nitrogen and oxygen atoms in total. The van der Waals surface area contributed by atoms with Gasteiger partial charge in [0.15, 0.2) is 0 Å². The van der Waals surface area contributed by atoms with Gasteiger partial charge in [-0.25, -0.2) is 29.9 Å². The maximum atomic E-state index is 13.4. The molecule has 15 rings (SSSR count). The van der Waals surface area contributed by atoms with Crippen LogP contribution < -0.4 is 54.3 Å². The SMILES string of the molecule is C[C@@H]1CCC2(CCN(c3nc4c(c(=O)n3C)C(c3cc(Cl)ncc3Cl)=NC4)CC2)[C@@H]1N.C[C@@H]1CCC2(CCN(c3nc4c(c(=O)n3C)C(c3cc(N)ncc3Cl)=NC4)CC2)[C@@H]1N.Cc1c(C2=NCc3nc(N4CCC5(CC[C@@H](C)[C@H]5N)CC4)n(C)c(=O)c32)ccnc1Cl. The Morgan fingerprint density at radius 2 is 0.828 bits per heavy atom. The van der Waals surface area contributed by atoms with E-state index < -0.39 is 0 Å². The summed E-state index contributed by atoms with van der Waals surface area (Å²) in [5.41, 5.74) is 34.3. The van der Waals surface area contributed by atoms with E-state index in [0.29, 0.717) is 132 Å². The van der Waals surface area contributed by atoms with E-state index in [0.717, 1.165) is 101 Å². The van der Waals surface area contributed by atoms with Gasteiger partial charge in [0.1, 0.15) is 16.1 Å². The number of pyridine rings is 3. The van der Waals surface area contributed by atoms with E-state index in [1.54, 1.807) is 53.2 Å². The number of aliphatic imine (C=N–C) groups is 3. The lowest BCUT2D eigenvalue weighted by Crippen LogP contribution is -2.49. The highest BCUT2D eigenvalue weighted by Crippen LogP contribution is 2.51. The van der Waals surface area contributed by atoms with Crippen molar-refractivity contribution in [3.8, 4) is 0 Å². The lowest BCUT2D eigenvalue weighted by molar-refractivity contribution is 0.185. The molecule has 0 radical (unpaired) electrons. The van der Waals surface area contributed by atoms with E-state index in [2.05, 4.69) is 65.4 Å². The largest absolute Gasteiger partial charge is 0.384 e. The molecule has 6 aliphatic heterocycles. The van der Waals surface area contributed by atoms with Crippen LogP contribution >= 0.6 is 46.4 Å². The summed E-state index contributed by atoms with van der Waals surface area (Å²) in [5, 5.41) is 1.55. The molecule has 0 unspecified atom stereocenters. The molecule has 492 valence electrons. The molecule has 93 heavy (non-hydrogen) atoms. The number of fused-ring (bicyclic) bond motifs is 3. The van der Waals surface area contributed by atoms with Crippen molar-refractivity contribution in [2.24, 2.45) is 87.3 Å². The molecule has 6 fully saturated rings. The lowest BCUT2D eigenvalue weighted by Gasteiger charge is -2.43. The summed E-state index contributed by atoms with van der Waals surface area (Å²) in [5.74, 6) is 4.23. The Balaban J connectivity index is 0.000000127. The number of aromatic nitrogens is 9. The van der Waals surface area contributed by atoms with E-state index >= 15 is 0 Å². The van der Waals surface area contributed by atoms with Crippen LogP contribution in [0.25, 0.3) is 0 Å². The van der Waals surface area contributed by atoms with Crippen molar-refractivity contribution in [1.29, 1.82) is 0 Å². The minimum absolute atomic E-state index is 0.0601. The number of anilines is 4. The number of nitrogens with zero attached hydrogens (tertiary/aromatic N) is 15. The van der Waals surface area contributed by atoms with Gasteiger partial charge in [0.25, 0.3) is 16.7 Å². The molecule has 6 aromatic rings. The maximum Gasteiger partial charge on any atom is 0.264 e. The Morgan fingerprint density at radius 1 is 0.484 bits per heavy atom. The predicted molar refractivity (Wildman–Crippen MR) is 369 cm³/mol. The van der Waals surface area contributed by atoms with Gasteiger partial charge in [-0.3, -0.25) is 43.1 Å². The number of hydrogen-bond donors (Lipinski definition) is 4. The molecule has 12 heterocycles. The highest BCUT2D eigenvalue weighted by atomic mass is 35.5. The highest BCUT2D eigenvalue weighted by molar-refractivity contribution is 6.37. The molecule has 26 heteroatoms. The summed E-state index contributed by atoms with van der Waals surface area (Å²) in [4.78, 5) is 87.3. The van der Waals surface area contributed by atoms with Crippen molar-refractivity contribution in [3.63, 3.8) is 0 Å². The van der Waals surface area contributed by atoms with Crippen molar-refractivity contribution in [2.75, 3.05) is 59.7 Å². The average Bonchev–Trinajstić information content (AvgIpc) is 1.72. The third-order valence-electron chi connectivity index (χ3n) is 22.9. The Kier molecular flexibility index (Phi) is 17.6. The van der Waals surface area contributed by atoms with Crippen molar-refractivity contribution >= 4 is 87.2 Å². The Bertz CT molecular complexity index is 3890. The molecular weight excluding hydrogens is 1260 g/mol. The van der Waals surface area contributed by atoms with Crippen LogP contribution in [0.2, 0.25) is 20.4 Å². The van der Waals surface area contributed by atoms with Crippen molar-refractivity contribution < 1.29 is 0 Å². The van der Waals surface area contributed by atoms with Crippen LogP contribution in [0.1, 0.15) is 154 Å². The molecule has 0 aromatic carbocycles. The molecule has 3 spiro atoms. The zero-order valence-electron chi connectivity index (χ0n) is 54.0. The predicted octanol–water partition coefficient (Wildman–Crippen LogP) is 8.11. The average molecular weight is 1340 g/mol. The highest BCUT2D eigenvalue weighted by Gasteiger charge is 2.50. The zero-order chi connectivity index (χ0) is 65.7. The van der Waals surface area contributed by atoms with E-state index in [1.165, 1.54) is 50.9 Å². The van der Waals surface area contributed by atoms with Crippen LogP contribution in [0.15, 0.2) is 66.2 Å². The van der Waals surface area contributed by atoms with Crippen LogP contribution in [0.3, 0.4) is 0 Å². The molecule has 9 aliphatic rings. The van der Waals surface area contributed by atoms with Gasteiger partial charge in [-0.1, -0.05) is 67.2 Å². The van der Waals surface area contributed by atoms with Crippen LogP contribution in [0.4, 0.5) is 23.7 Å². The fourth-order valence-electron chi connectivity index (χ4n) is 16.8. The number of piperidine rings is 3. The van der Waals surface area contributed by atoms with Gasteiger partial charge in [-0.05, 0) is 142 Å². The van der Waals surface area contributed by atoms with E-state index in [-0.39, 0.29) is 51.0 Å². The first kappa shape index (κ1) is 65.0. The molecule has 0 bridgehead atoms. The molecule has 3 saturated heterocycles. The Hall–Kier alpha value is -6.66. The molecule has 8 N–H and O–H groups in total. The number of nitrogen functional groups attached to an aromatic ring is 1. The molecule has 6 atom stereocenters. The smallest absolute Gasteiger partial charge is 0.264 e. The minimum Gasteiger partial charge on any atom is -0.384 e. The number of nitrogens with two attached hydrogens (primary N) is 4. The van der Waals surface area contributed by atoms with Gasteiger partial charge in [0.05, 0.1) is 80.6 Å². The van der Waals surface area contributed by atoms with Gasteiger partial charge in [0.2, 0.25) is 17.8 Å². The summed E-state index contributed by atoms with van der Waals surface area (Å²) < 4.78 is 4.94. The van der Waals surface area contributed by atoms with E-state index in [4.69, 9.17) is 84.3 Å². The van der Waals surface area contributed by atoms with Gasteiger partial charge >= 0.3 is 0 Å². The fraction of sp³-hybridized carbons (Fsp3) is 0.552. The van der Waals surface area contributed by atoms with Crippen LogP contribution in [0, 0.1) is 40.9 Å². The minimum atomic E-state index is -0.119. The van der Waals surface area contributed by atoms with Gasteiger partial charge in [-0.15, -0.1) is 0 Å². The summed E-state index contributed by atoms with van der Waals surface area (Å²) in [6, 6.07) is 5.95. The zero-order valence-corrected chi connectivity index (χ0v) is 57.1. The first-order chi connectivity index (χ1) is 44.4. The second-order valence-electron chi connectivity index (χ2n) is 27.8. The molecule has 3 aliphatic carbocycles. The fourth-order valence-corrected chi connectivity index (χ4v) is 17.5. The Labute approximate surface area is 561 Å². The third-order valence-corrected chi connectivity index (χ3v) is 24.1. The lowest BCUT2D eigenvalue weighted by atomic mass is 9.73. The van der Waals surface area contributed by atoms with Crippen molar-refractivity contribution in [2.45, 2.75) is 143 Å². The van der Waals surface area contributed by atoms with Gasteiger partial charge in [-0.2, -0.15) is 0 Å². The normalized spacial score (nSPS) is 24.5.